The monoisotopic (exact) mass is 411 g/mol. The number of benzene rings is 2. The van der Waals surface area contributed by atoms with E-state index in [9.17, 15) is 0 Å². The molecule has 2 aromatic carbocycles. The topological polar surface area (TPSA) is 61.4 Å². The third kappa shape index (κ3) is 5.12. The summed E-state index contributed by atoms with van der Waals surface area (Å²) in [7, 11) is 0. The number of thiazole rings is 1. The zero-order valence-electron chi connectivity index (χ0n) is 17.6. The van der Waals surface area contributed by atoms with Gasteiger partial charge in [-0.25, -0.2) is 10.1 Å². The Morgan fingerprint density at radius 3 is 2.55 bits per heavy atom. The van der Waals surface area contributed by atoms with Crippen LogP contribution < -0.4 is 14.6 Å². The average Bonchev–Trinajstić information content (AvgIpc) is 3.08. The molecule has 1 heterocycles. The van der Waals surface area contributed by atoms with Crippen LogP contribution in [0.15, 0.2) is 47.6 Å². The summed E-state index contributed by atoms with van der Waals surface area (Å²) in [4.78, 5) is 0. The van der Waals surface area contributed by atoms with E-state index in [0.29, 0.717) is 11.4 Å². The summed E-state index contributed by atoms with van der Waals surface area (Å²) in [5, 5.41) is 8.48. The summed E-state index contributed by atoms with van der Waals surface area (Å²) < 4.78 is 9.64. The molecule has 0 aliphatic heterocycles. The fourth-order valence-corrected chi connectivity index (χ4v) is 4.44. The Labute approximate surface area is 177 Å². The summed E-state index contributed by atoms with van der Waals surface area (Å²) in [6.07, 6.45) is 4.30. The minimum absolute atomic E-state index is 0.135. The van der Waals surface area contributed by atoms with Crippen molar-refractivity contribution in [3.63, 3.8) is 0 Å². The Bertz CT molecular complexity index is 935. The highest BCUT2D eigenvalue weighted by Gasteiger charge is 2.22. The number of hydrogen-bond acceptors (Lipinski definition) is 5. The highest BCUT2D eigenvalue weighted by atomic mass is 32.1. The molecule has 0 fully saturated rings. The van der Waals surface area contributed by atoms with Crippen molar-refractivity contribution in [2.45, 2.75) is 59.1 Å². The van der Waals surface area contributed by atoms with Crippen molar-refractivity contribution >= 4 is 32.4 Å². The summed E-state index contributed by atoms with van der Waals surface area (Å²) in [5.74, 6) is 0.695. The van der Waals surface area contributed by atoms with Gasteiger partial charge in [-0.05, 0) is 42.2 Å². The zero-order chi connectivity index (χ0) is 20.6. The van der Waals surface area contributed by atoms with Crippen LogP contribution in [0.4, 0.5) is 10.8 Å². The summed E-state index contributed by atoms with van der Waals surface area (Å²) in [6, 6.07) is 14.6. The maximum atomic E-state index is 7.62. The summed E-state index contributed by atoms with van der Waals surface area (Å²) >= 11 is 1.72. The molecule has 0 saturated carbocycles. The Balaban J connectivity index is 2.06. The van der Waals surface area contributed by atoms with Gasteiger partial charge < -0.3 is 4.74 Å². The number of ether oxygens (including phenoxy) is 1. The number of hydrogen-bond donors (Lipinski definition) is 2. The van der Waals surface area contributed by atoms with Crippen molar-refractivity contribution in [2.24, 2.45) is 5.11 Å². The van der Waals surface area contributed by atoms with Gasteiger partial charge in [-0.15, -0.1) is 0 Å². The Morgan fingerprint density at radius 1 is 1.14 bits per heavy atom. The van der Waals surface area contributed by atoms with Crippen molar-refractivity contribution in [3.05, 3.63) is 48.0 Å². The van der Waals surface area contributed by atoms with E-state index in [1.54, 1.807) is 11.3 Å². The molecular formula is C23H31N4OS+. The van der Waals surface area contributed by atoms with Crippen LogP contribution in [-0.4, -0.2) is 12.6 Å². The lowest BCUT2D eigenvalue weighted by molar-refractivity contribution is -0.644. The third-order valence-corrected chi connectivity index (χ3v) is 6.20. The Hall–Kier alpha value is -2.47. The lowest BCUT2D eigenvalue weighted by atomic mass is 10.2. The predicted molar refractivity (Wildman–Crippen MR) is 121 cm³/mol. The van der Waals surface area contributed by atoms with E-state index < -0.39 is 0 Å². The second kappa shape index (κ2) is 10.3. The van der Waals surface area contributed by atoms with E-state index in [1.807, 2.05) is 12.1 Å². The Morgan fingerprint density at radius 2 is 1.90 bits per heavy atom. The zero-order valence-corrected chi connectivity index (χ0v) is 18.4. The van der Waals surface area contributed by atoms with Crippen LogP contribution in [0.5, 0.6) is 5.75 Å². The molecule has 0 radical (unpaired) electrons. The van der Waals surface area contributed by atoms with Crippen molar-refractivity contribution in [1.82, 2.24) is 0 Å². The molecule has 0 saturated heterocycles. The van der Waals surface area contributed by atoms with E-state index in [4.69, 9.17) is 10.3 Å². The quantitative estimate of drug-likeness (QED) is 0.210. The fourth-order valence-electron chi connectivity index (χ4n) is 3.34. The molecule has 29 heavy (non-hydrogen) atoms. The molecule has 5 nitrogen and oxygen atoms in total. The van der Waals surface area contributed by atoms with Crippen LogP contribution in [0.1, 0.15) is 52.0 Å². The summed E-state index contributed by atoms with van der Waals surface area (Å²) in [6.45, 7) is 8.19. The van der Waals surface area contributed by atoms with Gasteiger partial charge >= 0.3 is 5.13 Å². The molecule has 0 aliphatic carbocycles. The molecule has 154 valence electrons. The van der Waals surface area contributed by atoms with Gasteiger partial charge in [0.1, 0.15) is 17.7 Å². The van der Waals surface area contributed by atoms with Gasteiger partial charge in [-0.1, -0.05) is 57.5 Å². The fraction of sp³-hybridized carbons (Fsp3) is 0.435. The number of rotatable bonds is 11. The molecule has 0 bridgehead atoms. The second-order valence-electron chi connectivity index (χ2n) is 7.22. The summed E-state index contributed by atoms with van der Waals surface area (Å²) in [5.41, 5.74) is 10.6. The van der Waals surface area contributed by atoms with Gasteiger partial charge in [0.2, 0.25) is 0 Å². The molecule has 3 rings (SSSR count). The van der Waals surface area contributed by atoms with Gasteiger partial charge in [0.15, 0.2) is 5.75 Å². The number of aromatic nitrogens is 1. The van der Waals surface area contributed by atoms with Crippen molar-refractivity contribution < 1.29 is 9.30 Å². The van der Waals surface area contributed by atoms with E-state index >= 15 is 0 Å². The molecule has 0 unspecified atom stereocenters. The minimum Gasteiger partial charge on any atom is -0.488 e. The lowest BCUT2D eigenvalue weighted by Gasteiger charge is -2.16. The molecule has 6 heteroatoms. The van der Waals surface area contributed by atoms with Crippen molar-refractivity contribution in [1.29, 1.82) is 5.53 Å². The molecule has 0 atom stereocenters. The maximum Gasteiger partial charge on any atom is 0.335 e. The SMILES string of the molecule is CCCCNc1sc2cc(N=N)c(OC(CC)CC)cc2[n+]1Cc1ccccc1. The number of nitrogens with one attached hydrogen (secondary N) is 2. The second-order valence-corrected chi connectivity index (χ2v) is 8.25. The number of anilines is 1. The number of nitrogens with zero attached hydrogens (tertiary/aromatic N) is 2. The lowest BCUT2D eigenvalue weighted by Crippen LogP contribution is -2.36. The van der Waals surface area contributed by atoms with Crippen LogP contribution in [0, 0.1) is 5.53 Å². The smallest absolute Gasteiger partial charge is 0.335 e. The van der Waals surface area contributed by atoms with Crippen LogP contribution in [0.3, 0.4) is 0 Å². The van der Waals surface area contributed by atoms with Gasteiger partial charge in [-0.3, -0.25) is 5.32 Å². The van der Waals surface area contributed by atoms with Gasteiger partial charge in [0.25, 0.3) is 0 Å². The normalized spacial score (nSPS) is 11.2. The number of unbranched alkanes of at least 4 members (excludes halogenated alkanes) is 1. The molecule has 0 amide bonds. The van der Waals surface area contributed by atoms with Crippen LogP contribution in [0.2, 0.25) is 0 Å². The molecule has 3 aromatic rings. The van der Waals surface area contributed by atoms with Gasteiger partial charge in [-0.2, -0.15) is 5.11 Å². The van der Waals surface area contributed by atoms with Crippen molar-refractivity contribution in [2.75, 3.05) is 11.9 Å². The van der Waals surface area contributed by atoms with Crippen LogP contribution in [0.25, 0.3) is 10.2 Å². The first-order valence-corrected chi connectivity index (χ1v) is 11.3. The van der Waals surface area contributed by atoms with E-state index in [2.05, 4.69) is 66.1 Å². The first kappa shape index (κ1) is 21.2. The third-order valence-electron chi connectivity index (χ3n) is 5.10. The van der Waals surface area contributed by atoms with Gasteiger partial charge in [0.05, 0.1) is 17.3 Å². The molecular weight excluding hydrogens is 380 g/mol. The van der Waals surface area contributed by atoms with Gasteiger partial charge in [0, 0.05) is 6.07 Å². The first-order chi connectivity index (χ1) is 14.2. The predicted octanol–water partition coefficient (Wildman–Crippen LogP) is 6.68. The van der Waals surface area contributed by atoms with Crippen molar-refractivity contribution in [3.8, 4) is 5.75 Å². The van der Waals surface area contributed by atoms with Crippen LogP contribution in [-0.2, 0) is 6.54 Å². The Kier molecular flexibility index (Phi) is 7.58. The highest BCUT2D eigenvalue weighted by molar-refractivity contribution is 7.21. The molecule has 0 spiro atoms. The highest BCUT2D eigenvalue weighted by Crippen LogP contribution is 2.37. The molecule has 2 N–H and O–H groups in total. The van der Waals surface area contributed by atoms with E-state index in [0.717, 1.165) is 54.1 Å². The maximum absolute atomic E-state index is 7.62. The number of fused-ring (bicyclic) bond motifs is 1. The molecule has 1 aromatic heterocycles. The largest absolute Gasteiger partial charge is 0.488 e. The molecule has 0 aliphatic rings. The van der Waals surface area contributed by atoms with E-state index in [-0.39, 0.29) is 6.10 Å². The first-order valence-electron chi connectivity index (χ1n) is 10.5. The minimum atomic E-state index is 0.135. The van der Waals surface area contributed by atoms with E-state index in [1.165, 1.54) is 5.56 Å². The van der Waals surface area contributed by atoms with Crippen LogP contribution >= 0.6 is 11.3 Å². The standard InChI is InChI=1S/C23H30N4OS/c1-4-7-13-25-23-27(16-17-11-9-8-10-12-17)20-15-21(28-18(5-2)6-3)19(26-24)14-22(20)29-23/h8-12,14-15,18,24H,4-7,13,16H2,1-3H3/p+1. The average molecular weight is 412 g/mol.